The second-order valence-corrected chi connectivity index (χ2v) is 6.77. The summed E-state index contributed by atoms with van der Waals surface area (Å²) < 4.78 is 40.4. The smallest absolute Gasteiger partial charge is 0.314 e. The Morgan fingerprint density at radius 3 is 2.12 bits per heavy atom. The summed E-state index contributed by atoms with van der Waals surface area (Å²) in [5.74, 6) is -5.05. The minimum atomic E-state index is -1.57. The molecule has 0 aromatic heterocycles. The van der Waals surface area contributed by atoms with Gasteiger partial charge in [-0.2, -0.15) is 0 Å². The maximum absolute atomic E-state index is 13.6. The molecule has 0 heterocycles. The Balaban J connectivity index is 1.81. The highest BCUT2D eigenvalue weighted by Crippen LogP contribution is 2.43. The first-order chi connectivity index (χ1) is 11.9. The molecule has 0 radical (unpaired) electrons. The van der Waals surface area contributed by atoms with Crippen LogP contribution in [0, 0.1) is 23.4 Å². The number of rotatable bonds is 4. The van der Waals surface area contributed by atoms with Gasteiger partial charge in [-0.15, -0.1) is 0 Å². The van der Waals surface area contributed by atoms with E-state index in [0.717, 1.165) is 18.6 Å². The van der Waals surface area contributed by atoms with Gasteiger partial charge in [-0.1, -0.05) is 30.3 Å². The lowest BCUT2D eigenvalue weighted by Gasteiger charge is -2.37. The van der Waals surface area contributed by atoms with Crippen molar-refractivity contribution in [3.8, 4) is 0 Å². The second kappa shape index (κ2) is 6.90. The Bertz CT molecular complexity index is 743. The fourth-order valence-electron chi connectivity index (χ4n) is 3.78. The average Bonchev–Trinajstić information content (AvgIpc) is 2.60. The summed E-state index contributed by atoms with van der Waals surface area (Å²) >= 11 is 0. The summed E-state index contributed by atoms with van der Waals surface area (Å²) in [6.45, 7) is 0. The minimum Gasteiger partial charge on any atom is -0.481 e. The van der Waals surface area contributed by atoms with Crippen molar-refractivity contribution in [2.75, 3.05) is 0 Å². The number of aliphatic carboxylic acids is 1. The highest BCUT2D eigenvalue weighted by atomic mass is 19.2. The van der Waals surface area contributed by atoms with Gasteiger partial charge in [0.1, 0.15) is 0 Å². The first kappa shape index (κ1) is 17.5. The number of carbonyl (C=O) groups is 1. The van der Waals surface area contributed by atoms with Crippen LogP contribution in [0.15, 0.2) is 42.5 Å². The molecule has 0 aliphatic heterocycles. The van der Waals surface area contributed by atoms with Crippen LogP contribution in [-0.2, 0) is 16.6 Å². The zero-order chi connectivity index (χ0) is 18.0. The van der Waals surface area contributed by atoms with E-state index in [-0.39, 0.29) is 18.4 Å². The van der Waals surface area contributed by atoms with E-state index in [9.17, 15) is 23.1 Å². The average molecular weight is 348 g/mol. The van der Waals surface area contributed by atoms with Gasteiger partial charge in [-0.25, -0.2) is 13.2 Å². The normalized spacial score (nSPS) is 23.4. The minimum absolute atomic E-state index is 0.00885. The van der Waals surface area contributed by atoms with E-state index in [4.69, 9.17) is 0 Å². The number of benzene rings is 2. The molecule has 1 aliphatic carbocycles. The molecular weight excluding hydrogens is 329 g/mol. The number of hydrogen-bond donors (Lipinski definition) is 1. The van der Waals surface area contributed by atoms with Crippen molar-refractivity contribution in [1.82, 2.24) is 0 Å². The summed E-state index contributed by atoms with van der Waals surface area (Å²) in [5, 5.41) is 9.73. The van der Waals surface area contributed by atoms with Gasteiger partial charge in [0.2, 0.25) is 0 Å². The molecule has 5 heteroatoms. The van der Waals surface area contributed by atoms with Crippen LogP contribution >= 0.6 is 0 Å². The molecule has 0 saturated heterocycles. The van der Waals surface area contributed by atoms with Gasteiger partial charge in [-0.3, -0.25) is 4.79 Å². The molecule has 25 heavy (non-hydrogen) atoms. The quantitative estimate of drug-likeness (QED) is 0.801. The third-order valence-corrected chi connectivity index (χ3v) is 5.27. The maximum Gasteiger partial charge on any atom is 0.314 e. The van der Waals surface area contributed by atoms with E-state index < -0.39 is 28.8 Å². The first-order valence-electron chi connectivity index (χ1n) is 8.35. The lowest BCUT2D eigenvalue weighted by Crippen LogP contribution is -2.40. The third kappa shape index (κ3) is 3.41. The number of carboxylic acid groups (broad SMARTS) is 1. The van der Waals surface area contributed by atoms with Crippen molar-refractivity contribution in [2.24, 2.45) is 5.92 Å². The summed E-state index contributed by atoms with van der Waals surface area (Å²) in [6.07, 6.45) is 2.70. The van der Waals surface area contributed by atoms with Gasteiger partial charge in [0.15, 0.2) is 17.5 Å². The maximum atomic E-state index is 13.6. The molecular formula is C20H19F3O2. The predicted octanol–water partition coefficient (Wildman–Crippen LogP) is 4.86. The lowest BCUT2D eigenvalue weighted by molar-refractivity contribution is -0.145. The molecule has 2 aromatic rings. The molecule has 1 saturated carbocycles. The Hall–Kier alpha value is -2.30. The lowest BCUT2D eigenvalue weighted by atomic mass is 9.65. The second-order valence-electron chi connectivity index (χ2n) is 6.77. The molecule has 0 atom stereocenters. The van der Waals surface area contributed by atoms with Gasteiger partial charge < -0.3 is 5.11 Å². The van der Waals surface area contributed by atoms with Crippen molar-refractivity contribution in [1.29, 1.82) is 0 Å². The topological polar surface area (TPSA) is 37.3 Å². The van der Waals surface area contributed by atoms with Crippen LogP contribution in [0.3, 0.4) is 0 Å². The number of hydrogen-bond acceptors (Lipinski definition) is 1. The summed E-state index contributed by atoms with van der Waals surface area (Å²) in [6, 6.07) is 11.6. The molecule has 3 rings (SSSR count). The Morgan fingerprint density at radius 2 is 1.60 bits per heavy atom. The van der Waals surface area contributed by atoms with E-state index in [2.05, 4.69) is 0 Å². The van der Waals surface area contributed by atoms with E-state index in [0.29, 0.717) is 18.8 Å². The van der Waals surface area contributed by atoms with Crippen molar-refractivity contribution in [3.63, 3.8) is 0 Å². The highest BCUT2D eigenvalue weighted by molar-refractivity contribution is 5.81. The molecule has 132 valence electrons. The highest BCUT2D eigenvalue weighted by Gasteiger charge is 2.44. The molecule has 0 unspecified atom stereocenters. The van der Waals surface area contributed by atoms with Crippen LogP contribution in [0.1, 0.15) is 36.8 Å². The van der Waals surface area contributed by atoms with Crippen LogP contribution in [0.25, 0.3) is 0 Å². The summed E-state index contributed by atoms with van der Waals surface area (Å²) in [4.78, 5) is 11.9. The van der Waals surface area contributed by atoms with Crippen molar-refractivity contribution in [3.05, 3.63) is 71.0 Å². The van der Waals surface area contributed by atoms with Crippen LogP contribution in [-0.4, -0.2) is 11.1 Å². The van der Waals surface area contributed by atoms with Crippen molar-refractivity contribution in [2.45, 2.75) is 37.5 Å². The summed E-state index contributed by atoms with van der Waals surface area (Å²) in [5.41, 5.74) is -0.161. The summed E-state index contributed by atoms with van der Waals surface area (Å²) in [7, 11) is 0. The van der Waals surface area contributed by atoms with Crippen LogP contribution in [0.4, 0.5) is 13.2 Å². The predicted molar refractivity (Wildman–Crippen MR) is 87.7 cm³/mol. The molecule has 2 aromatic carbocycles. The molecule has 2 nitrogen and oxygen atoms in total. The molecule has 0 spiro atoms. The van der Waals surface area contributed by atoms with Crippen LogP contribution in [0.5, 0.6) is 0 Å². The fourth-order valence-corrected chi connectivity index (χ4v) is 3.78. The van der Waals surface area contributed by atoms with Crippen molar-refractivity contribution >= 4 is 5.97 Å². The zero-order valence-corrected chi connectivity index (χ0v) is 13.6. The standard InChI is InChI=1S/C20H19F3O2/c21-16-11-15(12-17(22)18(16)23)20(19(24)25)8-6-14(7-9-20)10-13-4-2-1-3-5-13/h1-5,11-12,14H,6-10H2,(H,24,25). The third-order valence-electron chi connectivity index (χ3n) is 5.27. The van der Waals surface area contributed by atoms with E-state index in [1.807, 2.05) is 30.3 Å². The molecule has 1 aliphatic rings. The SMILES string of the molecule is O=C(O)C1(c2cc(F)c(F)c(F)c2)CCC(Cc2ccccc2)CC1. The van der Waals surface area contributed by atoms with Gasteiger partial charge in [0, 0.05) is 0 Å². The monoisotopic (exact) mass is 348 g/mol. The first-order valence-corrected chi connectivity index (χ1v) is 8.35. The van der Waals surface area contributed by atoms with Gasteiger partial charge in [0.05, 0.1) is 5.41 Å². The van der Waals surface area contributed by atoms with E-state index in [1.165, 1.54) is 5.56 Å². The van der Waals surface area contributed by atoms with Gasteiger partial charge in [-0.05, 0) is 61.3 Å². The molecule has 1 fully saturated rings. The largest absolute Gasteiger partial charge is 0.481 e. The van der Waals surface area contributed by atoms with Crippen LogP contribution < -0.4 is 0 Å². The fraction of sp³-hybridized carbons (Fsp3) is 0.350. The Kier molecular flexibility index (Phi) is 4.84. The van der Waals surface area contributed by atoms with E-state index in [1.54, 1.807) is 0 Å². The zero-order valence-electron chi connectivity index (χ0n) is 13.6. The molecule has 0 amide bonds. The van der Waals surface area contributed by atoms with Crippen molar-refractivity contribution < 1.29 is 23.1 Å². The number of halogens is 3. The number of carboxylic acids is 1. The van der Waals surface area contributed by atoms with E-state index >= 15 is 0 Å². The molecule has 1 N–H and O–H groups in total. The van der Waals surface area contributed by atoms with Gasteiger partial charge >= 0.3 is 5.97 Å². The van der Waals surface area contributed by atoms with Gasteiger partial charge in [0.25, 0.3) is 0 Å². The Labute approximate surface area is 144 Å². The molecule has 0 bridgehead atoms. The Morgan fingerprint density at radius 1 is 1.04 bits per heavy atom. The van der Waals surface area contributed by atoms with Crippen LogP contribution in [0.2, 0.25) is 0 Å².